The second-order valence-corrected chi connectivity index (χ2v) is 6.73. The van der Waals surface area contributed by atoms with Crippen molar-refractivity contribution in [3.05, 3.63) is 60.9 Å². The Labute approximate surface area is 174 Å². The maximum Gasteiger partial charge on any atom is 0.247 e. The number of benzene rings is 2. The van der Waals surface area contributed by atoms with Gasteiger partial charge in [0, 0.05) is 29.1 Å². The molecule has 2 aromatic carbocycles. The molecule has 1 atom stereocenters. The van der Waals surface area contributed by atoms with Gasteiger partial charge in [0.25, 0.3) is 0 Å². The summed E-state index contributed by atoms with van der Waals surface area (Å²) in [6, 6.07) is 11.0. The van der Waals surface area contributed by atoms with Gasteiger partial charge in [-0.15, -0.1) is 6.42 Å². The van der Waals surface area contributed by atoms with E-state index in [4.69, 9.17) is 15.9 Å². The number of ether oxygens (including phenoxy) is 2. The van der Waals surface area contributed by atoms with Crippen LogP contribution in [0.25, 0.3) is 10.9 Å². The summed E-state index contributed by atoms with van der Waals surface area (Å²) in [5.41, 5.74) is 2.73. The van der Waals surface area contributed by atoms with Gasteiger partial charge in [0.2, 0.25) is 5.91 Å². The van der Waals surface area contributed by atoms with Crippen LogP contribution in [-0.4, -0.2) is 35.2 Å². The Bertz CT molecular complexity index is 1150. The number of nitrogens with one attached hydrogen (secondary N) is 2. The molecule has 2 heterocycles. The van der Waals surface area contributed by atoms with Gasteiger partial charge in [0.15, 0.2) is 0 Å². The Balaban J connectivity index is 1.74. The molecule has 0 spiro atoms. The number of nitrogens with zero attached hydrogens (tertiary/aromatic N) is 2. The van der Waals surface area contributed by atoms with E-state index in [-0.39, 0.29) is 12.0 Å². The lowest BCUT2D eigenvalue weighted by molar-refractivity contribution is -0.111. The summed E-state index contributed by atoms with van der Waals surface area (Å²) in [4.78, 5) is 20.7. The first-order chi connectivity index (χ1) is 14.7. The molecule has 1 amide bonds. The summed E-state index contributed by atoms with van der Waals surface area (Å²) in [6.45, 7) is 4.68. The molecule has 0 bridgehead atoms. The summed E-state index contributed by atoms with van der Waals surface area (Å²) in [6.07, 6.45) is 8.88. The zero-order chi connectivity index (χ0) is 20.9. The lowest BCUT2D eigenvalue weighted by Crippen LogP contribution is -2.18. The molecule has 0 radical (unpaired) electrons. The molecule has 0 unspecified atom stereocenters. The van der Waals surface area contributed by atoms with Crippen LogP contribution in [0.5, 0.6) is 5.75 Å². The van der Waals surface area contributed by atoms with Crippen molar-refractivity contribution in [3.63, 3.8) is 0 Å². The van der Waals surface area contributed by atoms with Crippen molar-refractivity contribution in [1.29, 1.82) is 0 Å². The standard InChI is InChI=1S/C23H20N4O3/c1-3-15-6-5-7-16(10-15)26-23-18-11-20(27-22(28)4-2)21(12-19(18)24-14-25-23)30-17-8-9-29-13-17/h1,4-7,10-12,14,17H,2,8-9,13H2,(H,27,28)(H,24,25,26)/t17-/m1/s1. The highest BCUT2D eigenvalue weighted by Crippen LogP contribution is 2.34. The van der Waals surface area contributed by atoms with Crippen LogP contribution < -0.4 is 15.4 Å². The van der Waals surface area contributed by atoms with E-state index < -0.39 is 0 Å². The number of aromatic nitrogens is 2. The maximum absolute atomic E-state index is 12.0. The quantitative estimate of drug-likeness (QED) is 0.485. The SMILES string of the molecule is C#Cc1cccc(Nc2ncnc3cc(O[C@@H]4CCOC4)c(NC(=O)C=C)cc23)c1. The fourth-order valence-electron chi connectivity index (χ4n) is 3.17. The fourth-order valence-corrected chi connectivity index (χ4v) is 3.17. The third-order valence-electron chi connectivity index (χ3n) is 4.65. The third kappa shape index (κ3) is 4.24. The predicted octanol–water partition coefficient (Wildman–Crippen LogP) is 3.65. The van der Waals surface area contributed by atoms with Crippen LogP contribution in [0.15, 0.2) is 55.4 Å². The van der Waals surface area contributed by atoms with Crippen molar-refractivity contribution in [2.45, 2.75) is 12.5 Å². The molecule has 1 aliphatic rings. The molecular weight excluding hydrogens is 380 g/mol. The van der Waals surface area contributed by atoms with Crippen molar-refractivity contribution >= 4 is 34.0 Å². The molecule has 2 N–H and O–H groups in total. The van der Waals surface area contributed by atoms with Gasteiger partial charge in [-0.1, -0.05) is 18.6 Å². The monoisotopic (exact) mass is 400 g/mol. The van der Waals surface area contributed by atoms with Gasteiger partial charge in [-0.25, -0.2) is 9.97 Å². The van der Waals surface area contributed by atoms with Gasteiger partial charge in [-0.05, 0) is 30.3 Å². The van der Waals surface area contributed by atoms with Crippen LogP contribution in [0.1, 0.15) is 12.0 Å². The maximum atomic E-state index is 12.0. The number of amides is 1. The highest BCUT2D eigenvalue weighted by molar-refractivity contribution is 6.03. The van der Waals surface area contributed by atoms with E-state index in [2.05, 4.69) is 33.1 Å². The minimum atomic E-state index is -0.338. The molecule has 0 aliphatic carbocycles. The van der Waals surface area contributed by atoms with Gasteiger partial charge in [0.05, 0.1) is 24.4 Å². The number of rotatable bonds is 6. The molecule has 1 saturated heterocycles. The Morgan fingerprint density at radius 3 is 3.00 bits per heavy atom. The first-order valence-corrected chi connectivity index (χ1v) is 9.46. The molecule has 4 rings (SSSR count). The molecule has 150 valence electrons. The van der Waals surface area contributed by atoms with Crippen LogP contribution in [0.3, 0.4) is 0 Å². The number of fused-ring (bicyclic) bond motifs is 1. The van der Waals surface area contributed by atoms with Gasteiger partial charge < -0.3 is 20.1 Å². The second kappa shape index (κ2) is 8.64. The van der Waals surface area contributed by atoms with Crippen molar-refractivity contribution < 1.29 is 14.3 Å². The first kappa shape index (κ1) is 19.4. The van der Waals surface area contributed by atoms with E-state index in [9.17, 15) is 4.79 Å². The highest BCUT2D eigenvalue weighted by atomic mass is 16.5. The van der Waals surface area contributed by atoms with Crippen molar-refractivity contribution in [2.75, 3.05) is 23.8 Å². The Morgan fingerprint density at radius 2 is 2.23 bits per heavy atom. The van der Waals surface area contributed by atoms with Gasteiger partial charge in [-0.3, -0.25) is 4.79 Å². The second-order valence-electron chi connectivity index (χ2n) is 6.73. The normalized spacial score (nSPS) is 15.4. The zero-order valence-electron chi connectivity index (χ0n) is 16.2. The van der Waals surface area contributed by atoms with E-state index in [1.165, 1.54) is 12.4 Å². The smallest absolute Gasteiger partial charge is 0.247 e. The zero-order valence-corrected chi connectivity index (χ0v) is 16.2. The summed E-state index contributed by atoms with van der Waals surface area (Å²) < 4.78 is 11.5. The van der Waals surface area contributed by atoms with Crippen LogP contribution >= 0.6 is 0 Å². The molecule has 0 saturated carbocycles. The summed E-state index contributed by atoms with van der Waals surface area (Å²) in [7, 11) is 0. The Morgan fingerprint density at radius 1 is 1.33 bits per heavy atom. The Hall–Kier alpha value is -3.89. The lowest BCUT2D eigenvalue weighted by atomic mass is 10.1. The number of carbonyl (C=O) groups excluding carboxylic acids is 1. The van der Waals surface area contributed by atoms with Crippen LogP contribution in [0.2, 0.25) is 0 Å². The van der Waals surface area contributed by atoms with Crippen molar-refractivity contribution in [2.24, 2.45) is 0 Å². The van der Waals surface area contributed by atoms with Crippen molar-refractivity contribution in [3.8, 4) is 18.1 Å². The molecule has 3 aromatic rings. The fraction of sp³-hybridized carbons (Fsp3) is 0.174. The van der Waals surface area contributed by atoms with Crippen LogP contribution in [-0.2, 0) is 9.53 Å². The van der Waals surface area contributed by atoms with Gasteiger partial charge in [-0.2, -0.15) is 0 Å². The number of terminal acetylenes is 1. The number of anilines is 3. The van der Waals surface area contributed by atoms with Crippen LogP contribution in [0, 0.1) is 12.3 Å². The van der Waals surface area contributed by atoms with E-state index >= 15 is 0 Å². The van der Waals surface area contributed by atoms with E-state index in [1.54, 1.807) is 12.1 Å². The number of carbonyl (C=O) groups is 1. The number of hydrogen-bond donors (Lipinski definition) is 2. The Kier molecular flexibility index (Phi) is 5.59. The average molecular weight is 400 g/mol. The van der Waals surface area contributed by atoms with Gasteiger partial charge >= 0.3 is 0 Å². The third-order valence-corrected chi connectivity index (χ3v) is 4.65. The molecule has 1 fully saturated rings. The molecule has 7 nitrogen and oxygen atoms in total. The largest absolute Gasteiger partial charge is 0.486 e. The van der Waals surface area contributed by atoms with E-state index in [0.717, 1.165) is 23.1 Å². The average Bonchev–Trinajstić information content (AvgIpc) is 3.27. The molecule has 7 heteroatoms. The predicted molar refractivity (Wildman–Crippen MR) is 116 cm³/mol. The summed E-state index contributed by atoms with van der Waals surface area (Å²) in [5, 5.41) is 6.79. The van der Waals surface area contributed by atoms with Gasteiger partial charge in [0.1, 0.15) is 24.0 Å². The molecule has 1 aliphatic heterocycles. The van der Waals surface area contributed by atoms with Crippen molar-refractivity contribution in [1.82, 2.24) is 9.97 Å². The highest BCUT2D eigenvalue weighted by Gasteiger charge is 2.20. The molecular formula is C23H20N4O3. The minimum absolute atomic E-state index is 0.0761. The minimum Gasteiger partial charge on any atom is -0.486 e. The lowest BCUT2D eigenvalue weighted by Gasteiger charge is -2.17. The molecule has 30 heavy (non-hydrogen) atoms. The van der Waals surface area contributed by atoms with E-state index in [1.807, 2.05) is 24.3 Å². The topological polar surface area (TPSA) is 85.4 Å². The van der Waals surface area contributed by atoms with E-state index in [0.29, 0.717) is 36.0 Å². The molecule has 1 aromatic heterocycles. The summed E-state index contributed by atoms with van der Waals surface area (Å²) in [5.74, 6) is 3.38. The first-order valence-electron chi connectivity index (χ1n) is 9.46. The summed E-state index contributed by atoms with van der Waals surface area (Å²) >= 11 is 0. The van der Waals surface area contributed by atoms with Crippen LogP contribution in [0.4, 0.5) is 17.2 Å². The number of hydrogen-bond acceptors (Lipinski definition) is 6.